The second-order valence-electron chi connectivity index (χ2n) is 10.3. The van der Waals surface area contributed by atoms with E-state index in [4.69, 9.17) is 4.43 Å². The van der Waals surface area contributed by atoms with Crippen LogP contribution < -0.4 is 0 Å². The summed E-state index contributed by atoms with van der Waals surface area (Å²) in [7, 11) is -4.42. The van der Waals surface area contributed by atoms with Gasteiger partial charge in [-0.25, -0.2) is 0 Å². The van der Waals surface area contributed by atoms with Crippen LogP contribution in [0.15, 0.2) is 0 Å². The fraction of sp³-hybridized carbons (Fsp3) is 0.944. The van der Waals surface area contributed by atoms with Crippen molar-refractivity contribution in [3.8, 4) is 0 Å². The molecule has 1 aliphatic carbocycles. The maximum atomic E-state index is 12.3. The van der Waals surface area contributed by atoms with Crippen LogP contribution in [0.5, 0.6) is 0 Å². The lowest BCUT2D eigenvalue weighted by Gasteiger charge is -2.45. The summed E-state index contributed by atoms with van der Waals surface area (Å²) in [6, 6.07) is 0. The zero-order valence-corrected chi connectivity index (χ0v) is 19.1. The Morgan fingerprint density at radius 1 is 1.08 bits per heavy atom. The van der Waals surface area contributed by atoms with Crippen molar-refractivity contribution >= 4 is 22.4 Å². The van der Waals surface area contributed by atoms with Crippen LogP contribution in [0.3, 0.4) is 0 Å². The van der Waals surface area contributed by atoms with E-state index in [0.717, 1.165) is 0 Å². The van der Waals surface area contributed by atoms with Gasteiger partial charge in [-0.3, -0.25) is 4.79 Å². The molecule has 0 aromatic carbocycles. The fourth-order valence-corrected chi connectivity index (χ4v) is 5.00. The third-order valence-corrected chi connectivity index (χ3v) is 14.5. The minimum atomic E-state index is -2.37. The van der Waals surface area contributed by atoms with Crippen LogP contribution in [0.2, 0.25) is 36.3 Å². The second-order valence-corrected chi connectivity index (χ2v) is 19.5. The molecule has 1 saturated carbocycles. The number of hydrogen-bond acceptors (Lipinski definition) is 4. The molecule has 4 nitrogen and oxygen atoms in total. The molecule has 0 aromatic rings. The largest absolute Gasteiger partial charge is 0.432 e. The molecule has 0 amide bonds. The quantitative estimate of drug-likeness (QED) is 0.711. The normalized spacial score (nSPS) is 27.5. The second kappa shape index (κ2) is 6.95. The van der Waals surface area contributed by atoms with Crippen LogP contribution in [0.25, 0.3) is 0 Å². The molecule has 0 aliphatic heterocycles. The highest BCUT2D eigenvalue weighted by Crippen LogP contribution is 2.46. The van der Waals surface area contributed by atoms with Gasteiger partial charge in [0.1, 0.15) is 5.78 Å². The summed E-state index contributed by atoms with van der Waals surface area (Å²) >= 11 is 0. The molecule has 142 valence electrons. The fourth-order valence-electron chi connectivity index (χ4n) is 2.91. The highest BCUT2D eigenvalue weighted by atomic mass is 28.4. The van der Waals surface area contributed by atoms with Gasteiger partial charge in [0, 0.05) is 12.8 Å². The summed E-state index contributed by atoms with van der Waals surface area (Å²) in [5.41, 5.74) is 0. The van der Waals surface area contributed by atoms with Crippen LogP contribution >= 0.6 is 0 Å². The van der Waals surface area contributed by atoms with Gasteiger partial charge in [0.05, 0.1) is 12.2 Å². The lowest BCUT2D eigenvalue weighted by Crippen LogP contribution is -2.52. The SMILES string of the molecule is CC(C)(C[C@@H]1CC(=O)C[C@@H](O[Si](C)(C)C(C)(C)C)C1O)[Si](C)(C)O. The lowest BCUT2D eigenvalue weighted by atomic mass is 9.79. The van der Waals surface area contributed by atoms with E-state index in [-0.39, 0.29) is 21.8 Å². The number of carbonyl (C=O) groups is 1. The number of aliphatic hydroxyl groups is 1. The van der Waals surface area contributed by atoms with Crippen molar-refractivity contribution in [3.05, 3.63) is 0 Å². The van der Waals surface area contributed by atoms with E-state index < -0.39 is 28.8 Å². The molecule has 1 fully saturated rings. The van der Waals surface area contributed by atoms with Gasteiger partial charge in [-0.1, -0.05) is 34.6 Å². The Morgan fingerprint density at radius 3 is 2.00 bits per heavy atom. The summed E-state index contributed by atoms with van der Waals surface area (Å²) in [5, 5.41) is 10.7. The standard InChI is InChI=1S/C18H38O4Si2/c1-17(2,3)24(8,9)22-15-11-14(19)10-13(16(15)20)12-18(4,5)23(6,7)21/h13,15-16,20-21H,10-12H2,1-9H3/t13-,15+,16?/m0/s1. The summed E-state index contributed by atoms with van der Waals surface area (Å²) in [5.74, 6) is 0.0390. The van der Waals surface area contributed by atoms with Gasteiger partial charge in [-0.2, -0.15) is 0 Å². The maximum absolute atomic E-state index is 12.3. The topological polar surface area (TPSA) is 66.8 Å². The first-order valence-electron chi connectivity index (χ1n) is 9.08. The number of hydrogen-bond donors (Lipinski definition) is 2. The van der Waals surface area contributed by atoms with E-state index in [9.17, 15) is 14.7 Å². The Morgan fingerprint density at radius 2 is 1.58 bits per heavy atom. The number of Topliss-reactive ketones (excluding diaryl/α,β-unsaturated/α-hetero) is 1. The van der Waals surface area contributed by atoms with Gasteiger partial charge in [-0.15, -0.1) is 0 Å². The molecule has 1 aliphatic rings. The number of aliphatic hydroxyl groups excluding tert-OH is 1. The average molecular weight is 375 g/mol. The molecular weight excluding hydrogens is 336 g/mol. The first kappa shape index (κ1) is 22.0. The maximum Gasteiger partial charge on any atom is 0.192 e. The Balaban J connectivity index is 2.94. The summed E-state index contributed by atoms with van der Waals surface area (Å²) in [6.45, 7) is 18.7. The minimum absolute atomic E-state index is 0.0436. The first-order valence-corrected chi connectivity index (χ1v) is 14.9. The molecule has 6 heteroatoms. The first-order chi connectivity index (χ1) is 10.5. The zero-order chi connectivity index (χ0) is 19.1. The van der Waals surface area contributed by atoms with Crippen LogP contribution in [-0.4, -0.2) is 44.5 Å². The lowest BCUT2D eigenvalue weighted by molar-refractivity contribution is -0.132. The van der Waals surface area contributed by atoms with E-state index in [1.54, 1.807) is 0 Å². The van der Waals surface area contributed by atoms with Gasteiger partial charge < -0.3 is 14.3 Å². The van der Waals surface area contributed by atoms with E-state index in [1.807, 2.05) is 13.1 Å². The summed E-state index contributed by atoms with van der Waals surface area (Å²) in [6.07, 6.45) is 0.327. The summed E-state index contributed by atoms with van der Waals surface area (Å²) in [4.78, 5) is 22.8. The van der Waals surface area contributed by atoms with Crippen LogP contribution in [0.1, 0.15) is 53.9 Å². The molecule has 1 unspecified atom stereocenters. The Kier molecular flexibility index (Phi) is 6.38. The van der Waals surface area contributed by atoms with Crippen LogP contribution in [0.4, 0.5) is 0 Å². The van der Waals surface area contributed by atoms with Crippen LogP contribution in [0, 0.1) is 5.92 Å². The monoisotopic (exact) mass is 374 g/mol. The smallest absolute Gasteiger partial charge is 0.192 e. The molecule has 0 spiro atoms. The highest BCUT2D eigenvalue weighted by Gasteiger charge is 2.47. The van der Waals surface area contributed by atoms with Crippen molar-refractivity contribution in [1.82, 2.24) is 0 Å². The van der Waals surface area contributed by atoms with Crippen molar-refractivity contribution in [2.75, 3.05) is 0 Å². The Labute approximate surface area is 150 Å². The molecule has 0 bridgehead atoms. The summed E-state index contributed by atoms with van der Waals surface area (Å²) < 4.78 is 6.37. The molecule has 0 aromatic heterocycles. The van der Waals surface area contributed by atoms with Gasteiger partial charge >= 0.3 is 0 Å². The third-order valence-electron chi connectivity index (χ3n) is 6.46. The van der Waals surface area contributed by atoms with Crippen molar-refractivity contribution in [3.63, 3.8) is 0 Å². The number of rotatable bonds is 5. The van der Waals surface area contributed by atoms with Crippen molar-refractivity contribution < 1.29 is 19.1 Å². The number of carbonyl (C=O) groups excluding carboxylic acids is 1. The van der Waals surface area contributed by atoms with E-state index in [1.165, 1.54) is 0 Å². The molecule has 2 N–H and O–H groups in total. The van der Waals surface area contributed by atoms with Gasteiger partial charge in [0.15, 0.2) is 16.6 Å². The van der Waals surface area contributed by atoms with Crippen LogP contribution in [-0.2, 0) is 9.22 Å². The van der Waals surface area contributed by atoms with Gasteiger partial charge in [-0.05, 0) is 48.6 Å². The third kappa shape index (κ3) is 5.00. The predicted octanol–water partition coefficient (Wildman–Crippen LogP) is 4.08. The van der Waals surface area contributed by atoms with Gasteiger partial charge in [0.25, 0.3) is 0 Å². The van der Waals surface area contributed by atoms with Crippen molar-refractivity contribution in [2.45, 2.75) is 102 Å². The molecule has 0 radical (unpaired) electrons. The Bertz CT molecular complexity index is 421. The highest BCUT2D eigenvalue weighted by molar-refractivity contribution is 6.74. The minimum Gasteiger partial charge on any atom is -0.432 e. The zero-order valence-electron chi connectivity index (χ0n) is 17.1. The predicted molar refractivity (Wildman–Crippen MR) is 104 cm³/mol. The molecule has 0 saturated heterocycles. The number of ketones is 1. The van der Waals surface area contributed by atoms with E-state index in [2.05, 4.69) is 47.7 Å². The van der Waals surface area contributed by atoms with E-state index >= 15 is 0 Å². The molecule has 1 rings (SSSR count). The van der Waals surface area contributed by atoms with Crippen molar-refractivity contribution in [1.29, 1.82) is 0 Å². The van der Waals surface area contributed by atoms with Crippen molar-refractivity contribution in [2.24, 2.45) is 5.92 Å². The molecule has 24 heavy (non-hydrogen) atoms. The molecular formula is C18H38O4Si2. The Hall–Kier alpha value is -0.0162. The van der Waals surface area contributed by atoms with Gasteiger partial charge in [0.2, 0.25) is 0 Å². The molecule has 3 atom stereocenters. The van der Waals surface area contributed by atoms with E-state index in [0.29, 0.717) is 19.3 Å². The molecule has 0 heterocycles. The average Bonchev–Trinajstić information content (AvgIpc) is 2.31.